The van der Waals surface area contributed by atoms with E-state index >= 15 is 0 Å². The van der Waals surface area contributed by atoms with Crippen molar-refractivity contribution in [3.05, 3.63) is 42.1 Å². The van der Waals surface area contributed by atoms with Crippen molar-refractivity contribution in [2.75, 3.05) is 5.32 Å². The molecule has 1 aromatic carbocycles. The van der Waals surface area contributed by atoms with Gasteiger partial charge in [0.2, 0.25) is 0 Å². The van der Waals surface area contributed by atoms with Gasteiger partial charge in [0.1, 0.15) is 6.10 Å². The van der Waals surface area contributed by atoms with E-state index in [1.807, 2.05) is 37.3 Å². The van der Waals surface area contributed by atoms with Crippen molar-refractivity contribution in [3.63, 3.8) is 0 Å². The van der Waals surface area contributed by atoms with Crippen LogP contribution in [0.1, 0.15) is 18.6 Å². The minimum atomic E-state index is -0.531. The number of carbonyl (C=O) groups excluding carboxylic acids is 1. The highest BCUT2D eigenvalue weighted by molar-refractivity contribution is 5.83. The first-order valence-corrected chi connectivity index (χ1v) is 5.54. The molecule has 1 aromatic heterocycles. The molecular weight excluding hydrogens is 232 g/mol. The number of hydrogen-bond acceptors (Lipinski definition) is 4. The molecule has 0 bridgehead atoms. The molecule has 1 heterocycles. The highest BCUT2D eigenvalue weighted by Gasteiger charge is 2.12. The predicted octanol–water partition coefficient (Wildman–Crippen LogP) is 2.12. The molecule has 0 spiro atoms. The number of rotatable bonds is 3. The molecule has 0 aliphatic carbocycles. The van der Waals surface area contributed by atoms with Gasteiger partial charge >= 0.3 is 6.09 Å². The maximum Gasteiger partial charge on any atom is 0.413 e. The van der Waals surface area contributed by atoms with Crippen molar-refractivity contribution in [1.82, 2.24) is 15.0 Å². The molecule has 2 aromatic rings. The van der Waals surface area contributed by atoms with Crippen molar-refractivity contribution < 1.29 is 9.53 Å². The fourth-order valence-corrected chi connectivity index (χ4v) is 1.49. The maximum absolute atomic E-state index is 11.6. The third-order valence-electron chi connectivity index (χ3n) is 2.50. The fourth-order valence-electron chi connectivity index (χ4n) is 1.49. The Morgan fingerprint density at radius 2 is 2.11 bits per heavy atom. The van der Waals surface area contributed by atoms with Crippen LogP contribution in [0, 0.1) is 0 Å². The number of aryl methyl sites for hydroxylation is 1. The number of amides is 1. The second-order valence-corrected chi connectivity index (χ2v) is 3.83. The van der Waals surface area contributed by atoms with Gasteiger partial charge in [-0.15, -0.1) is 5.10 Å². The summed E-state index contributed by atoms with van der Waals surface area (Å²) in [5.41, 5.74) is 0.941. The number of nitrogens with zero attached hydrogens (tertiary/aromatic N) is 3. The summed E-state index contributed by atoms with van der Waals surface area (Å²) in [5, 5.41) is 9.93. The molecule has 0 saturated carbocycles. The summed E-state index contributed by atoms with van der Waals surface area (Å²) in [4.78, 5) is 11.6. The van der Waals surface area contributed by atoms with Crippen molar-refractivity contribution in [1.29, 1.82) is 0 Å². The van der Waals surface area contributed by atoms with Crippen molar-refractivity contribution >= 4 is 11.9 Å². The van der Waals surface area contributed by atoms with E-state index in [0.717, 1.165) is 5.56 Å². The van der Waals surface area contributed by atoms with Gasteiger partial charge < -0.3 is 4.74 Å². The predicted molar refractivity (Wildman–Crippen MR) is 66.0 cm³/mol. The molecule has 6 heteroatoms. The van der Waals surface area contributed by atoms with Gasteiger partial charge in [-0.1, -0.05) is 35.5 Å². The third kappa shape index (κ3) is 2.85. The Morgan fingerprint density at radius 3 is 2.72 bits per heavy atom. The summed E-state index contributed by atoms with van der Waals surface area (Å²) in [6, 6.07) is 9.53. The van der Waals surface area contributed by atoms with Gasteiger partial charge in [0.15, 0.2) is 5.82 Å². The van der Waals surface area contributed by atoms with Crippen LogP contribution >= 0.6 is 0 Å². The van der Waals surface area contributed by atoms with E-state index in [-0.39, 0.29) is 6.10 Å². The van der Waals surface area contributed by atoms with Gasteiger partial charge in [0.05, 0.1) is 6.20 Å². The molecule has 0 unspecified atom stereocenters. The lowest BCUT2D eigenvalue weighted by Crippen LogP contribution is -2.17. The lowest BCUT2D eigenvalue weighted by molar-refractivity contribution is 0.121. The molecule has 0 saturated heterocycles. The highest BCUT2D eigenvalue weighted by atomic mass is 16.6. The second-order valence-electron chi connectivity index (χ2n) is 3.83. The van der Waals surface area contributed by atoms with Crippen molar-refractivity contribution in [2.24, 2.45) is 7.05 Å². The number of aromatic nitrogens is 3. The molecule has 18 heavy (non-hydrogen) atoms. The largest absolute Gasteiger partial charge is 0.441 e. The fraction of sp³-hybridized carbons (Fsp3) is 0.250. The first kappa shape index (κ1) is 12.1. The third-order valence-corrected chi connectivity index (χ3v) is 2.50. The number of nitrogens with one attached hydrogen (secondary N) is 1. The molecule has 1 amide bonds. The van der Waals surface area contributed by atoms with Crippen LogP contribution in [0.25, 0.3) is 0 Å². The minimum absolute atomic E-state index is 0.313. The first-order chi connectivity index (χ1) is 8.66. The van der Waals surface area contributed by atoms with Crippen LogP contribution in [0.3, 0.4) is 0 Å². The SMILES string of the molecule is C[C@@H](OC(=O)Nc1cnnn1C)c1ccccc1. The topological polar surface area (TPSA) is 69.0 Å². The first-order valence-electron chi connectivity index (χ1n) is 5.54. The Hall–Kier alpha value is -2.37. The molecular formula is C12H14N4O2. The monoisotopic (exact) mass is 246 g/mol. The summed E-state index contributed by atoms with van der Waals surface area (Å²) in [5.74, 6) is 0.486. The maximum atomic E-state index is 11.6. The summed E-state index contributed by atoms with van der Waals surface area (Å²) >= 11 is 0. The lowest BCUT2D eigenvalue weighted by Gasteiger charge is -2.13. The Kier molecular flexibility index (Phi) is 3.57. The average molecular weight is 246 g/mol. The van der Waals surface area contributed by atoms with Crippen LogP contribution in [0.15, 0.2) is 36.5 Å². The summed E-state index contributed by atoms with van der Waals surface area (Å²) in [6.45, 7) is 1.82. The summed E-state index contributed by atoms with van der Waals surface area (Å²) in [7, 11) is 1.68. The molecule has 2 rings (SSSR count). The molecule has 1 atom stereocenters. The lowest BCUT2D eigenvalue weighted by atomic mass is 10.1. The van der Waals surface area contributed by atoms with Crippen LogP contribution < -0.4 is 5.32 Å². The van der Waals surface area contributed by atoms with Gasteiger partial charge in [-0.05, 0) is 12.5 Å². The number of ether oxygens (including phenoxy) is 1. The van der Waals surface area contributed by atoms with E-state index in [1.165, 1.54) is 10.9 Å². The Bertz CT molecular complexity index is 524. The van der Waals surface area contributed by atoms with Gasteiger partial charge in [-0.3, -0.25) is 5.32 Å². The number of carbonyl (C=O) groups is 1. The van der Waals surface area contributed by atoms with Crippen molar-refractivity contribution in [3.8, 4) is 0 Å². The van der Waals surface area contributed by atoms with E-state index in [1.54, 1.807) is 7.05 Å². The zero-order chi connectivity index (χ0) is 13.0. The normalized spacial score (nSPS) is 11.9. The zero-order valence-corrected chi connectivity index (χ0v) is 10.2. The molecule has 94 valence electrons. The molecule has 0 aliphatic heterocycles. The average Bonchev–Trinajstić information content (AvgIpc) is 2.76. The van der Waals surface area contributed by atoms with Crippen LogP contribution in [0.2, 0.25) is 0 Å². The van der Waals surface area contributed by atoms with E-state index in [2.05, 4.69) is 15.6 Å². The minimum Gasteiger partial charge on any atom is -0.441 e. The molecule has 0 fully saturated rings. The van der Waals surface area contributed by atoms with Gasteiger partial charge in [-0.2, -0.15) is 0 Å². The van der Waals surface area contributed by atoms with E-state index < -0.39 is 6.09 Å². The second kappa shape index (κ2) is 5.31. The molecule has 6 nitrogen and oxygen atoms in total. The van der Waals surface area contributed by atoms with Crippen LogP contribution in [-0.2, 0) is 11.8 Å². The van der Waals surface area contributed by atoms with Gasteiger partial charge in [0, 0.05) is 7.05 Å². The smallest absolute Gasteiger partial charge is 0.413 e. The van der Waals surface area contributed by atoms with Crippen molar-refractivity contribution in [2.45, 2.75) is 13.0 Å². The van der Waals surface area contributed by atoms with E-state index in [9.17, 15) is 4.79 Å². The van der Waals surface area contributed by atoms with E-state index in [0.29, 0.717) is 5.82 Å². The van der Waals surface area contributed by atoms with E-state index in [4.69, 9.17) is 4.74 Å². The molecule has 1 N–H and O–H groups in total. The van der Waals surface area contributed by atoms with Crippen LogP contribution in [0.4, 0.5) is 10.6 Å². The standard InChI is InChI=1S/C12H14N4O2/c1-9(10-6-4-3-5-7-10)18-12(17)14-11-8-13-15-16(11)2/h3-9H,1-2H3,(H,14,17)/t9-/m1/s1. The number of benzene rings is 1. The quantitative estimate of drug-likeness (QED) is 0.900. The Balaban J connectivity index is 1.94. The zero-order valence-electron chi connectivity index (χ0n) is 10.2. The Morgan fingerprint density at radius 1 is 1.39 bits per heavy atom. The number of hydrogen-bond donors (Lipinski definition) is 1. The summed E-state index contributed by atoms with van der Waals surface area (Å²) in [6.07, 6.45) is 0.609. The summed E-state index contributed by atoms with van der Waals surface area (Å²) < 4.78 is 6.70. The molecule has 0 radical (unpaired) electrons. The number of anilines is 1. The van der Waals surface area contributed by atoms with Gasteiger partial charge in [-0.25, -0.2) is 9.48 Å². The van der Waals surface area contributed by atoms with Crippen LogP contribution in [-0.4, -0.2) is 21.1 Å². The Labute approximate surface area is 105 Å². The van der Waals surface area contributed by atoms with Crippen LogP contribution in [0.5, 0.6) is 0 Å². The highest BCUT2D eigenvalue weighted by Crippen LogP contribution is 2.16. The van der Waals surface area contributed by atoms with Gasteiger partial charge in [0.25, 0.3) is 0 Å². The molecule has 0 aliphatic rings.